The lowest BCUT2D eigenvalue weighted by Crippen LogP contribution is -2.13. The molecule has 0 aromatic heterocycles. The molecule has 2 aliphatic rings. The van der Waals surface area contributed by atoms with Crippen LogP contribution in [0, 0.1) is 11.8 Å². The molecule has 0 bridgehead atoms. The van der Waals surface area contributed by atoms with Crippen molar-refractivity contribution in [2.45, 2.75) is 108 Å². The molecule has 0 amide bonds. The molecule has 0 spiro atoms. The lowest BCUT2D eigenvalue weighted by atomic mass is 9.76. The van der Waals surface area contributed by atoms with E-state index in [0.717, 1.165) is 37.5 Å². The highest BCUT2D eigenvalue weighted by Gasteiger charge is 2.23. The van der Waals surface area contributed by atoms with E-state index in [2.05, 4.69) is 61.7 Å². The summed E-state index contributed by atoms with van der Waals surface area (Å²) in [6.45, 7) is 7.90. The van der Waals surface area contributed by atoms with E-state index < -0.39 is 0 Å². The van der Waals surface area contributed by atoms with Crippen LogP contribution in [-0.4, -0.2) is 25.2 Å². The SMILES string of the molecule is C=CC(=O)OCCCCCC1CCC(c2ccc(-c3ccc(C4CCC(CCCCOC(=O)C=C)CC4)cc3)cc2)CC1. The lowest BCUT2D eigenvalue weighted by molar-refractivity contribution is -0.138. The Bertz CT molecular complexity index is 1130. The van der Waals surface area contributed by atoms with Gasteiger partial charge >= 0.3 is 11.9 Å². The molecule has 2 saturated carbocycles. The number of unbranched alkanes of at least 4 members (excludes halogenated alkanes) is 3. The molecule has 0 radical (unpaired) electrons. The fraction of sp³-hybridized carbons (Fsp3) is 0.538. The summed E-state index contributed by atoms with van der Waals surface area (Å²) in [4.78, 5) is 22.3. The van der Waals surface area contributed by atoms with Gasteiger partial charge in [-0.25, -0.2) is 9.59 Å². The molecule has 2 aliphatic carbocycles. The molecule has 2 fully saturated rings. The minimum Gasteiger partial charge on any atom is -0.463 e. The van der Waals surface area contributed by atoms with Crippen molar-refractivity contribution in [2.75, 3.05) is 13.2 Å². The highest BCUT2D eigenvalue weighted by molar-refractivity contribution is 5.81. The zero-order valence-corrected chi connectivity index (χ0v) is 26.2. The van der Waals surface area contributed by atoms with Crippen molar-refractivity contribution in [2.24, 2.45) is 11.8 Å². The van der Waals surface area contributed by atoms with Crippen LogP contribution in [0.3, 0.4) is 0 Å². The van der Waals surface area contributed by atoms with Crippen LogP contribution in [0.1, 0.15) is 119 Å². The summed E-state index contributed by atoms with van der Waals surface area (Å²) >= 11 is 0. The van der Waals surface area contributed by atoms with Gasteiger partial charge < -0.3 is 9.47 Å². The zero-order valence-electron chi connectivity index (χ0n) is 26.2. The van der Waals surface area contributed by atoms with Gasteiger partial charge in [-0.05, 0) is 117 Å². The van der Waals surface area contributed by atoms with Gasteiger partial charge in [0.05, 0.1) is 13.2 Å². The quantitative estimate of drug-likeness (QED) is 0.112. The third-order valence-electron chi connectivity index (χ3n) is 9.88. The highest BCUT2D eigenvalue weighted by atomic mass is 16.5. The van der Waals surface area contributed by atoms with Gasteiger partial charge in [0.1, 0.15) is 0 Å². The summed E-state index contributed by atoms with van der Waals surface area (Å²) in [5.41, 5.74) is 5.61. The van der Waals surface area contributed by atoms with Crippen LogP contribution in [0.5, 0.6) is 0 Å². The topological polar surface area (TPSA) is 52.6 Å². The van der Waals surface area contributed by atoms with Crippen molar-refractivity contribution < 1.29 is 19.1 Å². The summed E-state index contributed by atoms with van der Waals surface area (Å²) < 4.78 is 10.2. The molecule has 43 heavy (non-hydrogen) atoms. The molecule has 4 heteroatoms. The molecule has 0 saturated heterocycles. The maximum absolute atomic E-state index is 11.1. The van der Waals surface area contributed by atoms with Crippen LogP contribution < -0.4 is 0 Å². The Balaban J connectivity index is 1.13. The fourth-order valence-corrected chi connectivity index (χ4v) is 7.17. The molecule has 2 aromatic carbocycles. The molecule has 4 nitrogen and oxygen atoms in total. The van der Waals surface area contributed by atoms with Crippen molar-refractivity contribution >= 4 is 11.9 Å². The summed E-state index contributed by atoms with van der Waals surface area (Å²) in [5.74, 6) is 2.40. The van der Waals surface area contributed by atoms with E-state index in [1.807, 2.05) is 0 Å². The second kappa shape index (κ2) is 17.9. The van der Waals surface area contributed by atoms with E-state index in [-0.39, 0.29) is 11.9 Å². The Kier molecular flexibility index (Phi) is 13.6. The highest BCUT2D eigenvalue weighted by Crippen LogP contribution is 2.40. The third-order valence-corrected chi connectivity index (χ3v) is 9.88. The van der Waals surface area contributed by atoms with Gasteiger partial charge in [-0.1, -0.05) is 87.4 Å². The van der Waals surface area contributed by atoms with Crippen molar-refractivity contribution in [1.29, 1.82) is 0 Å². The second-order valence-corrected chi connectivity index (χ2v) is 12.8. The first-order valence-corrected chi connectivity index (χ1v) is 16.8. The largest absolute Gasteiger partial charge is 0.463 e. The Morgan fingerprint density at radius 1 is 0.558 bits per heavy atom. The Morgan fingerprint density at radius 2 is 0.930 bits per heavy atom. The van der Waals surface area contributed by atoms with Crippen LogP contribution in [0.15, 0.2) is 73.8 Å². The van der Waals surface area contributed by atoms with E-state index in [9.17, 15) is 9.59 Å². The number of ether oxygens (including phenoxy) is 2. The predicted octanol–water partition coefficient (Wildman–Crippen LogP) is 10.1. The number of rotatable bonds is 16. The van der Waals surface area contributed by atoms with Crippen molar-refractivity contribution in [1.82, 2.24) is 0 Å². The average molecular weight is 585 g/mol. The van der Waals surface area contributed by atoms with Crippen LogP contribution >= 0.6 is 0 Å². The van der Waals surface area contributed by atoms with E-state index in [1.54, 1.807) is 0 Å². The predicted molar refractivity (Wildman–Crippen MR) is 176 cm³/mol. The molecule has 2 aromatic rings. The van der Waals surface area contributed by atoms with Crippen molar-refractivity contribution in [3.8, 4) is 11.1 Å². The maximum Gasteiger partial charge on any atom is 0.330 e. The Morgan fingerprint density at radius 3 is 1.33 bits per heavy atom. The van der Waals surface area contributed by atoms with E-state index in [0.29, 0.717) is 25.0 Å². The molecule has 232 valence electrons. The number of carbonyl (C=O) groups is 2. The minimum absolute atomic E-state index is 0.315. The summed E-state index contributed by atoms with van der Waals surface area (Å²) in [6, 6.07) is 18.7. The standard InChI is InChI=1S/C39H52O4/c1-3-38(40)42-28-8-5-6-10-30-12-16-32(17-13-30)34-20-24-36(25-21-34)37-26-22-35(23-27-37)33-18-14-31(15-19-33)11-7-9-29-43-39(41)4-2/h3-4,20-27,30-33H,1-2,5-19,28-29H2. The monoisotopic (exact) mass is 584 g/mol. The van der Waals surface area contributed by atoms with Gasteiger partial charge in [0.2, 0.25) is 0 Å². The number of benzene rings is 2. The average Bonchev–Trinajstić information content (AvgIpc) is 3.06. The van der Waals surface area contributed by atoms with Crippen LogP contribution in [0.4, 0.5) is 0 Å². The first-order valence-electron chi connectivity index (χ1n) is 16.8. The van der Waals surface area contributed by atoms with Gasteiger partial charge in [0.25, 0.3) is 0 Å². The summed E-state index contributed by atoms with van der Waals surface area (Å²) in [7, 11) is 0. The second-order valence-electron chi connectivity index (χ2n) is 12.8. The normalized spacial score (nSPS) is 22.0. The summed E-state index contributed by atoms with van der Waals surface area (Å²) in [5, 5.41) is 0. The lowest BCUT2D eigenvalue weighted by Gasteiger charge is -2.29. The van der Waals surface area contributed by atoms with Crippen molar-refractivity contribution in [3.05, 3.63) is 85.0 Å². The molecule has 4 rings (SSSR count). The first-order chi connectivity index (χ1) is 21.1. The molecular weight excluding hydrogens is 532 g/mol. The minimum atomic E-state index is -0.316. The molecular formula is C39H52O4. The van der Waals surface area contributed by atoms with Gasteiger partial charge in [-0.2, -0.15) is 0 Å². The number of hydrogen-bond acceptors (Lipinski definition) is 4. The van der Waals surface area contributed by atoms with Crippen LogP contribution in [0.2, 0.25) is 0 Å². The summed E-state index contributed by atoms with van der Waals surface area (Å²) in [6.07, 6.45) is 20.8. The Hall–Kier alpha value is -3.14. The van der Waals surface area contributed by atoms with Crippen LogP contribution in [0.25, 0.3) is 11.1 Å². The van der Waals surface area contributed by atoms with Crippen LogP contribution in [-0.2, 0) is 19.1 Å². The van der Waals surface area contributed by atoms with E-state index in [4.69, 9.17) is 9.47 Å². The third kappa shape index (κ3) is 10.8. The van der Waals surface area contributed by atoms with Gasteiger partial charge in [-0.15, -0.1) is 0 Å². The molecule has 0 N–H and O–H groups in total. The van der Waals surface area contributed by atoms with Crippen molar-refractivity contribution in [3.63, 3.8) is 0 Å². The van der Waals surface area contributed by atoms with Gasteiger partial charge in [0, 0.05) is 12.2 Å². The van der Waals surface area contributed by atoms with E-state index in [1.165, 1.54) is 105 Å². The molecule has 0 heterocycles. The number of hydrogen-bond donors (Lipinski definition) is 0. The molecule has 0 atom stereocenters. The molecule has 0 unspecified atom stereocenters. The maximum atomic E-state index is 11.1. The molecule has 0 aliphatic heterocycles. The van der Waals surface area contributed by atoms with Gasteiger partial charge in [-0.3, -0.25) is 0 Å². The zero-order chi connectivity index (χ0) is 30.3. The Labute approximate surface area is 260 Å². The van der Waals surface area contributed by atoms with E-state index >= 15 is 0 Å². The van der Waals surface area contributed by atoms with Gasteiger partial charge in [0.15, 0.2) is 0 Å². The number of esters is 2. The number of carbonyl (C=O) groups excluding carboxylic acids is 2. The first kappa shape index (κ1) is 32.8. The fourth-order valence-electron chi connectivity index (χ4n) is 7.17. The smallest absolute Gasteiger partial charge is 0.330 e.